The van der Waals surface area contributed by atoms with E-state index in [0.29, 0.717) is 0 Å². The molecule has 0 saturated heterocycles. The van der Waals surface area contributed by atoms with Gasteiger partial charge in [-0.2, -0.15) is 0 Å². The van der Waals surface area contributed by atoms with E-state index in [1.165, 1.54) is 19.3 Å². The zero-order valence-electron chi connectivity index (χ0n) is 8.57. The van der Waals surface area contributed by atoms with Crippen molar-refractivity contribution < 1.29 is 0 Å². The van der Waals surface area contributed by atoms with Crippen molar-refractivity contribution in [2.24, 2.45) is 0 Å². The van der Waals surface area contributed by atoms with Gasteiger partial charge in [0.15, 0.2) is 0 Å². The summed E-state index contributed by atoms with van der Waals surface area (Å²) in [6.07, 6.45) is 6.86. The number of hydrogen-bond acceptors (Lipinski definition) is 1. The van der Waals surface area contributed by atoms with E-state index in [4.69, 9.17) is 0 Å². The van der Waals surface area contributed by atoms with Gasteiger partial charge < -0.3 is 12.8 Å². The first-order valence-corrected chi connectivity index (χ1v) is 5.77. The molecule has 3 heteroatoms. The van der Waals surface area contributed by atoms with Crippen molar-refractivity contribution >= 4 is 8.19 Å². The SMILES string of the molecule is Cc1c[p-]c(CCn2ccnc2)c1C. The van der Waals surface area contributed by atoms with Crippen LogP contribution in [0.3, 0.4) is 0 Å². The summed E-state index contributed by atoms with van der Waals surface area (Å²) >= 11 is 0. The first-order valence-electron chi connectivity index (χ1n) is 4.81. The van der Waals surface area contributed by atoms with Gasteiger partial charge in [0.05, 0.1) is 6.33 Å². The summed E-state index contributed by atoms with van der Waals surface area (Å²) in [7, 11) is 1.38. The van der Waals surface area contributed by atoms with E-state index in [1.807, 2.05) is 18.7 Å². The second-order valence-electron chi connectivity index (χ2n) is 3.56. The molecule has 0 radical (unpaired) electrons. The minimum Gasteiger partial charge on any atom is -0.527 e. The topological polar surface area (TPSA) is 17.8 Å². The van der Waals surface area contributed by atoms with E-state index in [-0.39, 0.29) is 0 Å². The maximum Gasteiger partial charge on any atom is 0.0945 e. The molecule has 0 fully saturated rings. The van der Waals surface area contributed by atoms with Crippen LogP contribution in [0.5, 0.6) is 0 Å². The zero-order valence-corrected chi connectivity index (χ0v) is 9.46. The van der Waals surface area contributed by atoms with Crippen LogP contribution in [-0.4, -0.2) is 9.55 Å². The molecular weight excluding hydrogens is 191 g/mol. The molecule has 0 N–H and O–H groups in total. The average molecular weight is 205 g/mol. The molecule has 0 unspecified atom stereocenters. The fourth-order valence-corrected chi connectivity index (χ4v) is 2.64. The molecule has 2 aromatic heterocycles. The molecule has 0 atom stereocenters. The number of aryl methyl sites for hydroxylation is 3. The second kappa shape index (κ2) is 4.02. The van der Waals surface area contributed by atoms with Gasteiger partial charge in [-0.15, -0.1) is 0 Å². The van der Waals surface area contributed by atoms with Crippen LogP contribution in [0, 0.1) is 13.8 Å². The van der Waals surface area contributed by atoms with Gasteiger partial charge in [0.1, 0.15) is 0 Å². The minimum atomic E-state index is 1.04. The molecule has 0 aliphatic carbocycles. The lowest BCUT2D eigenvalue weighted by Gasteiger charge is -2.09. The summed E-state index contributed by atoms with van der Waals surface area (Å²) in [4.78, 5) is 4.03. The number of aromatic nitrogens is 2. The highest BCUT2D eigenvalue weighted by atomic mass is 31.0. The van der Waals surface area contributed by atoms with E-state index in [2.05, 4.69) is 29.2 Å². The molecule has 0 bridgehead atoms. The first-order chi connectivity index (χ1) is 6.77. The molecule has 2 heterocycles. The standard InChI is InChI=1S/C11H14N2P/c1-9-7-14-11(10(9)2)3-5-13-6-4-12-8-13/h4,6-8H,3,5H2,1-2H3/q-1. The number of hydrogen-bond donors (Lipinski definition) is 0. The summed E-state index contributed by atoms with van der Waals surface area (Å²) in [5.74, 6) is 2.29. The molecule has 2 rings (SSSR count). The molecule has 2 nitrogen and oxygen atoms in total. The van der Waals surface area contributed by atoms with Crippen molar-refractivity contribution in [3.05, 3.63) is 40.9 Å². The largest absolute Gasteiger partial charge is 0.527 e. The van der Waals surface area contributed by atoms with Crippen LogP contribution in [0.15, 0.2) is 24.5 Å². The van der Waals surface area contributed by atoms with E-state index in [1.54, 1.807) is 5.30 Å². The highest BCUT2D eigenvalue weighted by Crippen LogP contribution is 2.25. The molecule has 2 aromatic rings. The van der Waals surface area contributed by atoms with Crippen molar-refractivity contribution in [3.8, 4) is 0 Å². The third-order valence-electron chi connectivity index (χ3n) is 2.60. The predicted molar refractivity (Wildman–Crippen MR) is 60.0 cm³/mol. The van der Waals surface area contributed by atoms with Crippen LogP contribution in [0.2, 0.25) is 0 Å². The number of imidazole rings is 1. The van der Waals surface area contributed by atoms with Crippen molar-refractivity contribution in [1.29, 1.82) is 0 Å². The predicted octanol–water partition coefficient (Wildman–Crippen LogP) is 3.04. The highest BCUT2D eigenvalue weighted by Gasteiger charge is 1.94. The van der Waals surface area contributed by atoms with Crippen LogP contribution in [-0.2, 0) is 13.0 Å². The molecule has 0 aliphatic rings. The maximum atomic E-state index is 4.03. The van der Waals surface area contributed by atoms with Crippen LogP contribution in [0.4, 0.5) is 0 Å². The fourth-order valence-electron chi connectivity index (χ4n) is 1.50. The Kier molecular flexibility index (Phi) is 2.74. The van der Waals surface area contributed by atoms with Gasteiger partial charge in [-0.25, -0.2) is 16.1 Å². The second-order valence-corrected chi connectivity index (χ2v) is 4.62. The van der Waals surface area contributed by atoms with Gasteiger partial charge in [0.25, 0.3) is 0 Å². The molecule has 0 aliphatic heterocycles. The van der Waals surface area contributed by atoms with Crippen molar-refractivity contribution in [2.45, 2.75) is 26.8 Å². The zero-order chi connectivity index (χ0) is 9.97. The fraction of sp³-hybridized carbons (Fsp3) is 0.364. The Labute approximate surface area is 86.1 Å². The highest BCUT2D eigenvalue weighted by molar-refractivity contribution is 7.30. The molecule has 0 amide bonds. The van der Waals surface area contributed by atoms with Gasteiger partial charge in [-0.1, -0.05) is 11.1 Å². The molecule has 74 valence electrons. The molecule has 0 aromatic carbocycles. The normalized spacial score (nSPS) is 11.3. The Bertz CT molecular complexity index is 401. The summed E-state index contributed by atoms with van der Waals surface area (Å²) in [5.41, 5.74) is 2.92. The van der Waals surface area contributed by atoms with Gasteiger partial charge >= 0.3 is 0 Å². The van der Waals surface area contributed by atoms with E-state index in [0.717, 1.165) is 13.0 Å². The minimum absolute atomic E-state index is 1.04. The quantitative estimate of drug-likeness (QED) is 0.753. The number of nitrogens with zero attached hydrogens (tertiary/aromatic N) is 2. The average Bonchev–Trinajstić information content (AvgIpc) is 2.77. The molecular formula is C11H14N2P-. The first kappa shape index (κ1) is 9.54. The van der Waals surface area contributed by atoms with Crippen LogP contribution < -0.4 is 0 Å². The maximum absolute atomic E-state index is 4.03. The third-order valence-corrected chi connectivity index (χ3v) is 3.99. The van der Waals surface area contributed by atoms with Gasteiger partial charge in [0.2, 0.25) is 0 Å². The number of rotatable bonds is 3. The smallest absolute Gasteiger partial charge is 0.0945 e. The molecule has 0 saturated carbocycles. The lowest BCUT2D eigenvalue weighted by Crippen LogP contribution is -1.97. The summed E-state index contributed by atoms with van der Waals surface area (Å²) in [6, 6.07) is 0. The van der Waals surface area contributed by atoms with Crippen molar-refractivity contribution in [2.75, 3.05) is 0 Å². The lowest BCUT2D eigenvalue weighted by molar-refractivity contribution is 0.700. The van der Waals surface area contributed by atoms with E-state index < -0.39 is 0 Å². The Balaban J connectivity index is 2.02. The van der Waals surface area contributed by atoms with Gasteiger partial charge in [-0.3, -0.25) is 0 Å². The van der Waals surface area contributed by atoms with Crippen LogP contribution in [0.1, 0.15) is 16.4 Å². The Morgan fingerprint density at radius 2 is 2.29 bits per heavy atom. The monoisotopic (exact) mass is 205 g/mol. The molecule has 0 spiro atoms. The summed E-state index contributed by atoms with van der Waals surface area (Å²) in [5, 5.41) is 1.55. The van der Waals surface area contributed by atoms with Gasteiger partial charge in [-0.05, 0) is 20.3 Å². The summed E-state index contributed by atoms with van der Waals surface area (Å²) < 4.78 is 2.13. The molecule has 14 heavy (non-hydrogen) atoms. The van der Waals surface area contributed by atoms with Crippen LogP contribution in [0.25, 0.3) is 0 Å². The van der Waals surface area contributed by atoms with E-state index >= 15 is 0 Å². The van der Waals surface area contributed by atoms with Crippen molar-refractivity contribution in [3.63, 3.8) is 0 Å². The lowest BCUT2D eigenvalue weighted by atomic mass is 10.1. The third kappa shape index (κ3) is 1.91. The Morgan fingerprint density at radius 3 is 2.86 bits per heavy atom. The Morgan fingerprint density at radius 1 is 1.43 bits per heavy atom. The van der Waals surface area contributed by atoms with Crippen molar-refractivity contribution in [1.82, 2.24) is 9.55 Å². The van der Waals surface area contributed by atoms with Gasteiger partial charge in [0, 0.05) is 18.9 Å². The Hall–Kier alpha value is -1.01. The van der Waals surface area contributed by atoms with Crippen LogP contribution >= 0.6 is 8.19 Å². The van der Waals surface area contributed by atoms with E-state index in [9.17, 15) is 0 Å². The summed E-state index contributed by atoms with van der Waals surface area (Å²) in [6.45, 7) is 5.45.